The molecular formula is C18H31NO. The van der Waals surface area contributed by atoms with Crippen LogP contribution in [0, 0.1) is 13.8 Å². The Morgan fingerprint density at radius 2 is 1.70 bits per heavy atom. The van der Waals surface area contributed by atoms with Crippen molar-refractivity contribution < 1.29 is 4.74 Å². The van der Waals surface area contributed by atoms with Gasteiger partial charge < -0.3 is 10.1 Å². The smallest absolute Gasteiger partial charge is 0.0728 e. The Kier molecular flexibility index (Phi) is 7.86. The standard InChI is InChI=1S/C18H31NO/c1-6-9-19-17(18(7-2)20-8-3)13-16-11-14(4)10-15(5)12-16/h10-12,17-19H,6-9,13H2,1-5H3. The highest BCUT2D eigenvalue weighted by atomic mass is 16.5. The highest BCUT2D eigenvalue weighted by Crippen LogP contribution is 2.15. The minimum atomic E-state index is 0.298. The highest BCUT2D eigenvalue weighted by Gasteiger charge is 2.20. The van der Waals surface area contributed by atoms with Crippen molar-refractivity contribution in [1.29, 1.82) is 0 Å². The van der Waals surface area contributed by atoms with Gasteiger partial charge in [0.2, 0.25) is 0 Å². The van der Waals surface area contributed by atoms with Crippen LogP contribution in [-0.2, 0) is 11.2 Å². The summed E-state index contributed by atoms with van der Waals surface area (Å²) in [6.45, 7) is 12.7. The summed E-state index contributed by atoms with van der Waals surface area (Å²) in [5, 5.41) is 3.67. The van der Waals surface area contributed by atoms with Crippen LogP contribution in [0.5, 0.6) is 0 Å². The minimum absolute atomic E-state index is 0.298. The molecule has 0 saturated heterocycles. The van der Waals surface area contributed by atoms with Gasteiger partial charge in [-0.2, -0.15) is 0 Å². The van der Waals surface area contributed by atoms with E-state index in [1.807, 2.05) is 0 Å². The van der Waals surface area contributed by atoms with Gasteiger partial charge in [0.25, 0.3) is 0 Å². The molecule has 114 valence electrons. The topological polar surface area (TPSA) is 21.3 Å². The number of nitrogens with one attached hydrogen (secondary N) is 1. The molecule has 2 heteroatoms. The second-order valence-corrected chi connectivity index (χ2v) is 5.66. The second-order valence-electron chi connectivity index (χ2n) is 5.66. The second kappa shape index (κ2) is 9.15. The van der Waals surface area contributed by atoms with Crippen molar-refractivity contribution in [2.75, 3.05) is 13.2 Å². The Morgan fingerprint density at radius 3 is 2.20 bits per heavy atom. The summed E-state index contributed by atoms with van der Waals surface area (Å²) in [5.74, 6) is 0. The number of aryl methyl sites for hydroxylation is 2. The fourth-order valence-electron chi connectivity index (χ4n) is 2.84. The van der Waals surface area contributed by atoms with Crippen LogP contribution in [0.2, 0.25) is 0 Å². The number of hydrogen-bond acceptors (Lipinski definition) is 2. The van der Waals surface area contributed by atoms with E-state index < -0.39 is 0 Å². The van der Waals surface area contributed by atoms with Crippen LogP contribution in [0.4, 0.5) is 0 Å². The van der Waals surface area contributed by atoms with Crippen LogP contribution in [-0.4, -0.2) is 25.3 Å². The third-order valence-corrected chi connectivity index (χ3v) is 3.63. The molecule has 1 aromatic carbocycles. The average Bonchev–Trinajstić information content (AvgIpc) is 2.40. The van der Waals surface area contributed by atoms with E-state index in [2.05, 4.69) is 58.1 Å². The number of hydrogen-bond donors (Lipinski definition) is 1. The lowest BCUT2D eigenvalue weighted by atomic mass is 9.97. The first-order valence-corrected chi connectivity index (χ1v) is 8.02. The average molecular weight is 277 g/mol. The molecule has 2 nitrogen and oxygen atoms in total. The molecule has 0 aromatic heterocycles. The molecule has 0 aliphatic rings. The maximum atomic E-state index is 5.92. The molecule has 0 bridgehead atoms. The lowest BCUT2D eigenvalue weighted by Crippen LogP contribution is -2.43. The number of ether oxygens (including phenoxy) is 1. The van der Waals surface area contributed by atoms with E-state index in [0.717, 1.165) is 32.4 Å². The number of rotatable bonds is 9. The Balaban J connectivity index is 2.81. The predicted molar refractivity (Wildman–Crippen MR) is 87.4 cm³/mol. The lowest BCUT2D eigenvalue weighted by Gasteiger charge is -2.27. The lowest BCUT2D eigenvalue weighted by molar-refractivity contribution is 0.0319. The summed E-state index contributed by atoms with van der Waals surface area (Å²) >= 11 is 0. The molecule has 0 heterocycles. The Hall–Kier alpha value is -0.860. The first-order valence-electron chi connectivity index (χ1n) is 8.02. The van der Waals surface area contributed by atoms with Crippen LogP contribution in [0.1, 0.15) is 50.3 Å². The molecule has 1 N–H and O–H groups in total. The van der Waals surface area contributed by atoms with Gasteiger partial charge in [0.15, 0.2) is 0 Å². The van der Waals surface area contributed by atoms with E-state index in [9.17, 15) is 0 Å². The van der Waals surface area contributed by atoms with Gasteiger partial charge in [-0.3, -0.25) is 0 Å². The van der Waals surface area contributed by atoms with E-state index in [0.29, 0.717) is 12.1 Å². The Labute approximate surface area is 124 Å². The maximum Gasteiger partial charge on any atom is 0.0728 e. The van der Waals surface area contributed by atoms with Crippen LogP contribution in [0.3, 0.4) is 0 Å². The van der Waals surface area contributed by atoms with Gasteiger partial charge in [0.05, 0.1) is 6.10 Å². The molecular weight excluding hydrogens is 246 g/mol. The minimum Gasteiger partial charge on any atom is -0.377 e. The zero-order chi connectivity index (χ0) is 15.0. The summed E-state index contributed by atoms with van der Waals surface area (Å²) in [7, 11) is 0. The normalized spacial score (nSPS) is 14.2. The fraction of sp³-hybridized carbons (Fsp3) is 0.667. The molecule has 0 aliphatic heterocycles. The van der Waals surface area contributed by atoms with Crippen molar-refractivity contribution in [3.05, 3.63) is 34.9 Å². The Bertz CT molecular complexity index is 369. The van der Waals surface area contributed by atoms with Gasteiger partial charge >= 0.3 is 0 Å². The van der Waals surface area contributed by atoms with Crippen molar-refractivity contribution in [3.8, 4) is 0 Å². The van der Waals surface area contributed by atoms with E-state index in [-0.39, 0.29) is 0 Å². The summed E-state index contributed by atoms with van der Waals surface area (Å²) in [6.07, 6.45) is 3.56. The molecule has 0 amide bonds. The molecule has 0 aliphatic carbocycles. The molecule has 0 radical (unpaired) electrons. The van der Waals surface area contributed by atoms with Crippen molar-refractivity contribution >= 4 is 0 Å². The highest BCUT2D eigenvalue weighted by molar-refractivity contribution is 5.29. The SMILES string of the molecule is CCCNC(Cc1cc(C)cc(C)c1)C(CC)OCC. The molecule has 1 rings (SSSR count). The van der Waals surface area contributed by atoms with Crippen LogP contribution in [0.25, 0.3) is 0 Å². The van der Waals surface area contributed by atoms with Crippen molar-refractivity contribution in [2.24, 2.45) is 0 Å². The van der Waals surface area contributed by atoms with Gasteiger partial charge in [-0.05, 0) is 52.1 Å². The molecule has 0 spiro atoms. The summed E-state index contributed by atoms with van der Waals surface area (Å²) < 4.78 is 5.92. The van der Waals surface area contributed by atoms with Crippen LogP contribution >= 0.6 is 0 Å². The van der Waals surface area contributed by atoms with Gasteiger partial charge in [-0.1, -0.05) is 43.2 Å². The summed E-state index contributed by atoms with van der Waals surface area (Å²) in [4.78, 5) is 0. The van der Waals surface area contributed by atoms with Gasteiger partial charge in [0.1, 0.15) is 0 Å². The zero-order valence-electron chi connectivity index (χ0n) is 13.8. The molecule has 20 heavy (non-hydrogen) atoms. The quantitative estimate of drug-likeness (QED) is 0.736. The third kappa shape index (κ3) is 5.64. The zero-order valence-corrected chi connectivity index (χ0v) is 13.8. The molecule has 0 fully saturated rings. The van der Waals surface area contributed by atoms with E-state index in [4.69, 9.17) is 4.74 Å². The van der Waals surface area contributed by atoms with E-state index in [1.165, 1.54) is 16.7 Å². The predicted octanol–water partition coefficient (Wildman–Crippen LogP) is 4.03. The van der Waals surface area contributed by atoms with Crippen LogP contribution in [0.15, 0.2) is 18.2 Å². The maximum absolute atomic E-state index is 5.92. The molecule has 0 saturated carbocycles. The van der Waals surface area contributed by atoms with Crippen LogP contribution < -0.4 is 5.32 Å². The van der Waals surface area contributed by atoms with E-state index >= 15 is 0 Å². The monoisotopic (exact) mass is 277 g/mol. The number of benzene rings is 1. The van der Waals surface area contributed by atoms with Gasteiger partial charge in [-0.25, -0.2) is 0 Å². The van der Waals surface area contributed by atoms with E-state index in [1.54, 1.807) is 0 Å². The van der Waals surface area contributed by atoms with Crippen molar-refractivity contribution in [3.63, 3.8) is 0 Å². The molecule has 2 unspecified atom stereocenters. The third-order valence-electron chi connectivity index (χ3n) is 3.63. The fourth-order valence-corrected chi connectivity index (χ4v) is 2.84. The van der Waals surface area contributed by atoms with Gasteiger partial charge in [-0.15, -0.1) is 0 Å². The summed E-state index contributed by atoms with van der Waals surface area (Å²) in [6, 6.07) is 7.23. The van der Waals surface area contributed by atoms with Crippen molar-refractivity contribution in [2.45, 2.75) is 66.0 Å². The van der Waals surface area contributed by atoms with Gasteiger partial charge in [0, 0.05) is 12.6 Å². The molecule has 1 aromatic rings. The first-order chi connectivity index (χ1) is 9.60. The van der Waals surface area contributed by atoms with Crippen molar-refractivity contribution in [1.82, 2.24) is 5.32 Å². The molecule has 2 atom stereocenters. The summed E-state index contributed by atoms with van der Waals surface area (Å²) in [5.41, 5.74) is 4.10. The Morgan fingerprint density at radius 1 is 1.05 bits per heavy atom. The first kappa shape index (κ1) is 17.2. The largest absolute Gasteiger partial charge is 0.377 e.